The Kier molecular flexibility index (Phi) is 7.38. The maximum atomic E-state index is 13.9. The fourth-order valence-electron chi connectivity index (χ4n) is 2.94. The van der Waals surface area contributed by atoms with Gasteiger partial charge in [-0.2, -0.15) is 0 Å². The number of likely N-dealkylation sites (tertiary alicyclic amines) is 1. The van der Waals surface area contributed by atoms with Gasteiger partial charge >= 0.3 is 0 Å². The topological polar surface area (TPSA) is 61.4 Å². The zero-order valence-corrected chi connectivity index (χ0v) is 16.2. The summed E-state index contributed by atoms with van der Waals surface area (Å²) in [7, 11) is 0. The van der Waals surface area contributed by atoms with Crippen molar-refractivity contribution in [2.45, 2.75) is 39.2 Å². The number of benzene rings is 1. The summed E-state index contributed by atoms with van der Waals surface area (Å²) in [5, 5.41) is 5.57. The van der Waals surface area contributed by atoms with E-state index in [1.807, 2.05) is 18.7 Å². The fraction of sp³-hybridized carbons (Fsp3) is 0.556. The summed E-state index contributed by atoms with van der Waals surface area (Å²) in [6.07, 6.45) is 2.40. The lowest BCUT2D eigenvalue weighted by molar-refractivity contribution is -0.127. The van der Waals surface area contributed by atoms with E-state index in [2.05, 4.69) is 26.6 Å². The predicted molar refractivity (Wildman–Crippen MR) is 99.8 cm³/mol. The average Bonchev–Trinajstić information content (AvgIpc) is 2.61. The molecule has 1 unspecified atom stereocenters. The summed E-state index contributed by atoms with van der Waals surface area (Å²) < 4.78 is 14.5. The zero-order chi connectivity index (χ0) is 18.4. The maximum Gasteiger partial charge on any atom is 0.241 e. The summed E-state index contributed by atoms with van der Waals surface area (Å²) >= 11 is 3.19. The molecular formula is C18H25BrFN3O2. The molecule has 2 amide bonds. The summed E-state index contributed by atoms with van der Waals surface area (Å²) in [4.78, 5) is 26.5. The molecule has 1 aromatic carbocycles. The highest BCUT2D eigenvalue weighted by molar-refractivity contribution is 9.10. The minimum atomic E-state index is -0.471. The Morgan fingerprint density at radius 1 is 1.36 bits per heavy atom. The van der Waals surface area contributed by atoms with Gasteiger partial charge in [-0.25, -0.2) is 4.39 Å². The molecule has 0 aliphatic carbocycles. The van der Waals surface area contributed by atoms with Crippen LogP contribution in [0.15, 0.2) is 22.7 Å². The Morgan fingerprint density at radius 2 is 2.04 bits per heavy atom. The van der Waals surface area contributed by atoms with E-state index < -0.39 is 5.82 Å². The van der Waals surface area contributed by atoms with Gasteiger partial charge in [-0.15, -0.1) is 0 Å². The maximum absolute atomic E-state index is 13.9. The van der Waals surface area contributed by atoms with E-state index in [1.165, 1.54) is 12.1 Å². The molecule has 1 heterocycles. The van der Waals surface area contributed by atoms with Gasteiger partial charge in [0.05, 0.1) is 11.7 Å². The Balaban J connectivity index is 1.86. The molecule has 2 N–H and O–H groups in total. The lowest BCUT2D eigenvalue weighted by Crippen LogP contribution is -2.48. The standard InChI is InChI=1S/C18H25BrFN3O2/c1-3-8-21-18(25)13-6-9-23(10-7-13)12(2)17(24)22-16-5-4-14(19)11-15(16)20/h4-5,11-13H,3,6-10H2,1-2H3,(H,21,25)(H,22,24). The highest BCUT2D eigenvalue weighted by Crippen LogP contribution is 2.22. The van der Waals surface area contributed by atoms with E-state index in [0.717, 1.165) is 19.3 Å². The van der Waals surface area contributed by atoms with Crippen LogP contribution < -0.4 is 10.6 Å². The second-order valence-corrected chi connectivity index (χ2v) is 7.31. The third-order valence-corrected chi connectivity index (χ3v) is 5.06. The van der Waals surface area contributed by atoms with Crippen LogP contribution in [0.1, 0.15) is 33.1 Å². The van der Waals surface area contributed by atoms with Crippen molar-refractivity contribution in [3.05, 3.63) is 28.5 Å². The van der Waals surface area contributed by atoms with Crippen LogP contribution in [-0.2, 0) is 9.59 Å². The molecule has 0 spiro atoms. The summed E-state index contributed by atoms with van der Waals surface area (Å²) in [6, 6.07) is 4.17. The molecular weight excluding hydrogens is 389 g/mol. The molecule has 0 aromatic heterocycles. The number of carbonyl (C=O) groups excluding carboxylic acids is 2. The molecule has 1 fully saturated rings. The van der Waals surface area contributed by atoms with Crippen LogP contribution in [0.2, 0.25) is 0 Å². The number of rotatable bonds is 6. The van der Waals surface area contributed by atoms with Crippen LogP contribution >= 0.6 is 15.9 Å². The van der Waals surface area contributed by atoms with Gasteiger partial charge in [-0.05, 0) is 57.5 Å². The largest absolute Gasteiger partial charge is 0.356 e. The molecule has 1 aliphatic heterocycles. The van der Waals surface area contributed by atoms with Crippen molar-refractivity contribution in [2.75, 3.05) is 25.0 Å². The number of carbonyl (C=O) groups is 2. The van der Waals surface area contributed by atoms with Gasteiger partial charge in [0.1, 0.15) is 5.82 Å². The van der Waals surface area contributed by atoms with E-state index in [9.17, 15) is 14.0 Å². The molecule has 1 atom stereocenters. The molecule has 2 rings (SSSR count). The van der Waals surface area contributed by atoms with Crippen molar-refractivity contribution in [1.29, 1.82) is 0 Å². The first-order valence-corrected chi connectivity index (χ1v) is 9.49. The van der Waals surface area contributed by atoms with Gasteiger partial charge < -0.3 is 10.6 Å². The van der Waals surface area contributed by atoms with Crippen LogP contribution in [0.3, 0.4) is 0 Å². The third kappa shape index (κ3) is 5.51. The predicted octanol–water partition coefficient (Wildman–Crippen LogP) is 3.15. The van der Waals surface area contributed by atoms with E-state index in [0.29, 0.717) is 24.1 Å². The lowest BCUT2D eigenvalue weighted by Gasteiger charge is -2.34. The van der Waals surface area contributed by atoms with Gasteiger partial charge in [-0.3, -0.25) is 14.5 Å². The molecule has 0 bridgehead atoms. The highest BCUT2D eigenvalue weighted by atomic mass is 79.9. The first-order chi connectivity index (χ1) is 11.9. The second-order valence-electron chi connectivity index (χ2n) is 6.39. The van der Waals surface area contributed by atoms with Crippen molar-refractivity contribution in [2.24, 2.45) is 5.92 Å². The van der Waals surface area contributed by atoms with Gasteiger partial charge in [0, 0.05) is 16.9 Å². The molecule has 25 heavy (non-hydrogen) atoms. The molecule has 1 aliphatic rings. The summed E-state index contributed by atoms with van der Waals surface area (Å²) in [5.74, 6) is -0.589. The normalized spacial score (nSPS) is 17.1. The number of anilines is 1. The molecule has 0 radical (unpaired) electrons. The van der Waals surface area contributed by atoms with Crippen LogP contribution in [0, 0.1) is 11.7 Å². The Bertz CT molecular complexity index is 618. The second kappa shape index (κ2) is 9.29. The minimum absolute atomic E-state index is 0.0157. The van der Waals surface area contributed by atoms with Crippen molar-refractivity contribution in [1.82, 2.24) is 10.2 Å². The van der Waals surface area contributed by atoms with Crippen LogP contribution in [0.25, 0.3) is 0 Å². The van der Waals surface area contributed by atoms with E-state index in [-0.39, 0.29) is 29.5 Å². The minimum Gasteiger partial charge on any atom is -0.356 e. The van der Waals surface area contributed by atoms with Crippen LogP contribution in [0.4, 0.5) is 10.1 Å². The number of nitrogens with one attached hydrogen (secondary N) is 2. The summed E-state index contributed by atoms with van der Waals surface area (Å²) in [6.45, 7) is 5.90. The Morgan fingerprint density at radius 3 is 2.64 bits per heavy atom. The van der Waals surface area contributed by atoms with E-state index in [1.54, 1.807) is 6.07 Å². The van der Waals surface area contributed by atoms with Gasteiger partial charge in [0.2, 0.25) is 11.8 Å². The monoisotopic (exact) mass is 413 g/mol. The Labute approximate surface area is 156 Å². The smallest absolute Gasteiger partial charge is 0.241 e. The zero-order valence-electron chi connectivity index (χ0n) is 14.6. The molecule has 1 aromatic rings. The third-order valence-electron chi connectivity index (χ3n) is 4.57. The van der Waals surface area contributed by atoms with Crippen molar-refractivity contribution in [3.63, 3.8) is 0 Å². The molecule has 1 saturated heterocycles. The number of piperidine rings is 1. The van der Waals surface area contributed by atoms with E-state index in [4.69, 9.17) is 0 Å². The average molecular weight is 414 g/mol. The molecule has 138 valence electrons. The molecule has 7 heteroatoms. The lowest BCUT2D eigenvalue weighted by atomic mass is 9.95. The number of amides is 2. The van der Waals surface area contributed by atoms with Crippen molar-refractivity contribution < 1.29 is 14.0 Å². The first kappa shape index (κ1) is 19.8. The van der Waals surface area contributed by atoms with Crippen LogP contribution in [-0.4, -0.2) is 42.4 Å². The van der Waals surface area contributed by atoms with Crippen LogP contribution in [0.5, 0.6) is 0 Å². The number of hydrogen-bond donors (Lipinski definition) is 2. The quantitative estimate of drug-likeness (QED) is 0.752. The van der Waals surface area contributed by atoms with Crippen molar-refractivity contribution in [3.8, 4) is 0 Å². The molecule has 0 saturated carbocycles. The van der Waals surface area contributed by atoms with Crippen molar-refractivity contribution >= 4 is 33.4 Å². The SMILES string of the molecule is CCCNC(=O)C1CCN(C(C)C(=O)Nc2ccc(Br)cc2F)CC1. The number of nitrogens with zero attached hydrogens (tertiary/aromatic N) is 1. The fourth-order valence-corrected chi connectivity index (χ4v) is 3.27. The van der Waals surface area contributed by atoms with E-state index >= 15 is 0 Å². The highest BCUT2D eigenvalue weighted by Gasteiger charge is 2.29. The molecule has 5 nitrogen and oxygen atoms in total. The number of halogens is 2. The number of hydrogen-bond acceptors (Lipinski definition) is 3. The van der Waals surface area contributed by atoms with Gasteiger partial charge in [-0.1, -0.05) is 22.9 Å². The Hall–Kier alpha value is -1.47. The summed E-state index contributed by atoms with van der Waals surface area (Å²) in [5.41, 5.74) is 0.175. The van der Waals surface area contributed by atoms with Gasteiger partial charge in [0.15, 0.2) is 0 Å². The first-order valence-electron chi connectivity index (χ1n) is 8.70. The van der Waals surface area contributed by atoms with Gasteiger partial charge in [0.25, 0.3) is 0 Å².